The highest BCUT2D eigenvalue weighted by Gasteiger charge is 2.42. The zero-order valence-electron chi connectivity index (χ0n) is 11.8. The van der Waals surface area contributed by atoms with Gasteiger partial charge in [-0.3, -0.25) is 0 Å². The van der Waals surface area contributed by atoms with Crippen LogP contribution in [0.1, 0.15) is 37.0 Å². The quantitative estimate of drug-likeness (QED) is 0.928. The minimum atomic E-state index is -3.29. The molecule has 3 rings (SSSR count). The zero-order valence-corrected chi connectivity index (χ0v) is 13.5. The first-order valence-electron chi connectivity index (χ1n) is 7.37. The van der Waals surface area contributed by atoms with Gasteiger partial charge in [-0.2, -0.15) is 4.31 Å². The molecule has 112 valence electrons. The molecule has 1 saturated heterocycles. The van der Waals surface area contributed by atoms with Gasteiger partial charge in [-0.25, -0.2) is 8.42 Å². The number of sulfonamides is 1. The molecule has 1 saturated carbocycles. The van der Waals surface area contributed by atoms with E-state index in [9.17, 15) is 8.42 Å². The van der Waals surface area contributed by atoms with Crippen molar-refractivity contribution < 1.29 is 8.42 Å². The van der Waals surface area contributed by atoms with Crippen LogP contribution < -0.4 is 5.32 Å². The van der Waals surface area contributed by atoms with Gasteiger partial charge >= 0.3 is 0 Å². The summed E-state index contributed by atoms with van der Waals surface area (Å²) >= 11 is 1.52. The largest absolute Gasteiger partial charge is 0.315 e. The monoisotopic (exact) mass is 314 g/mol. The van der Waals surface area contributed by atoms with Gasteiger partial charge in [-0.05, 0) is 38.3 Å². The van der Waals surface area contributed by atoms with Crippen LogP contribution in [0.5, 0.6) is 0 Å². The second-order valence-electron chi connectivity index (χ2n) is 5.80. The topological polar surface area (TPSA) is 49.4 Å². The summed E-state index contributed by atoms with van der Waals surface area (Å²) in [5, 5.41) is 4.86. The summed E-state index contributed by atoms with van der Waals surface area (Å²) in [5.74, 6) is 0.592. The number of nitrogens with zero attached hydrogens (tertiary/aromatic N) is 1. The average Bonchev–Trinajstić information content (AvgIpc) is 3.05. The minimum absolute atomic E-state index is 0.251. The molecule has 2 fully saturated rings. The fraction of sp³-hybridized carbons (Fsp3) is 0.714. The lowest BCUT2D eigenvalue weighted by molar-refractivity contribution is 0.260. The number of nitrogens with one attached hydrogen (secondary N) is 1. The van der Waals surface area contributed by atoms with Gasteiger partial charge in [-0.15, -0.1) is 11.3 Å². The lowest BCUT2D eigenvalue weighted by atomic mass is 9.86. The first-order valence-corrected chi connectivity index (χ1v) is 9.69. The Morgan fingerprint density at radius 1 is 1.35 bits per heavy atom. The molecular formula is C14H22N2O2S2. The van der Waals surface area contributed by atoms with Crippen LogP contribution in [-0.2, 0) is 16.6 Å². The SMILES string of the molecule is CNCc1cc(S(=O)(=O)N2CCC3CCCCC32)cs1. The van der Waals surface area contributed by atoms with Gasteiger partial charge in [0.05, 0.1) is 4.90 Å². The summed E-state index contributed by atoms with van der Waals surface area (Å²) in [6, 6.07) is 2.08. The van der Waals surface area contributed by atoms with E-state index in [0.717, 1.165) is 24.3 Å². The van der Waals surface area contributed by atoms with Crippen molar-refractivity contribution in [2.75, 3.05) is 13.6 Å². The van der Waals surface area contributed by atoms with Crippen molar-refractivity contribution in [3.8, 4) is 0 Å². The standard InChI is InChI=1S/C14H22N2O2S2/c1-15-9-12-8-13(10-19-12)20(17,18)16-7-6-11-4-2-3-5-14(11)16/h8,10-11,14-15H,2-7,9H2,1H3. The van der Waals surface area contributed by atoms with Crippen LogP contribution in [0.25, 0.3) is 0 Å². The van der Waals surface area contributed by atoms with E-state index in [0.29, 0.717) is 17.4 Å². The smallest absolute Gasteiger partial charge is 0.244 e. The van der Waals surface area contributed by atoms with E-state index in [4.69, 9.17) is 0 Å². The molecular weight excluding hydrogens is 292 g/mol. The van der Waals surface area contributed by atoms with Crippen molar-refractivity contribution in [1.29, 1.82) is 0 Å². The van der Waals surface area contributed by atoms with E-state index in [1.54, 1.807) is 9.69 Å². The van der Waals surface area contributed by atoms with E-state index in [-0.39, 0.29) is 6.04 Å². The molecule has 4 nitrogen and oxygen atoms in total. The number of thiophene rings is 1. The van der Waals surface area contributed by atoms with Crippen molar-refractivity contribution >= 4 is 21.4 Å². The van der Waals surface area contributed by atoms with Crippen molar-refractivity contribution in [3.63, 3.8) is 0 Å². The van der Waals surface area contributed by atoms with Crippen molar-refractivity contribution in [3.05, 3.63) is 16.3 Å². The molecule has 2 aliphatic rings. The molecule has 0 amide bonds. The fourth-order valence-electron chi connectivity index (χ4n) is 3.56. The first-order chi connectivity index (χ1) is 9.63. The Hall–Kier alpha value is -0.430. The third-order valence-electron chi connectivity index (χ3n) is 4.55. The summed E-state index contributed by atoms with van der Waals surface area (Å²) in [5.41, 5.74) is 0. The van der Waals surface area contributed by atoms with Crippen LogP contribution in [-0.4, -0.2) is 32.4 Å². The van der Waals surface area contributed by atoms with Crippen LogP contribution in [0, 0.1) is 5.92 Å². The summed E-state index contributed by atoms with van der Waals surface area (Å²) < 4.78 is 27.4. The third kappa shape index (κ3) is 2.54. The maximum atomic E-state index is 12.8. The number of hydrogen-bond acceptors (Lipinski definition) is 4. The second-order valence-corrected chi connectivity index (χ2v) is 8.68. The van der Waals surface area contributed by atoms with Gasteiger partial charge in [0.25, 0.3) is 0 Å². The predicted octanol–water partition coefficient (Wildman–Crippen LogP) is 2.42. The highest BCUT2D eigenvalue weighted by Crippen LogP contribution is 2.39. The Labute approximate surface area is 125 Å². The van der Waals surface area contributed by atoms with Crippen LogP contribution in [0.2, 0.25) is 0 Å². The summed E-state index contributed by atoms with van der Waals surface area (Å²) in [7, 11) is -1.41. The third-order valence-corrected chi connectivity index (χ3v) is 7.53. The van der Waals surface area contributed by atoms with Crippen LogP contribution in [0.3, 0.4) is 0 Å². The van der Waals surface area contributed by atoms with E-state index in [2.05, 4.69) is 5.32 Å². The second kappa shape index (κ2) is 5.75. The maximum absolute atomic E-state index is 12.8. The molecule has 0 spiro atoms. The van der Waals surface area contributed by atoms with Crippen molar-refractivity contribution in [1.82, 2.24) is 9.62 Å². The molecule has 1 aromatic heterocycles. The summed E-state index contributed by atoms with van der Waals surface area (Å²) in [6.45, 7) is 1.43. The maximum Gasteiger partial charge on any atom is 0.244 e. The Balaban J connectivity index is 1.83. The van der Waals surface area contributed by atoms with E-state index in [1.807, 2.05) is 13.1 Å². The van der Waals surface area contributed by atoms with Gasteiger partial charge in [-0.1, -0.05) is 12.8 Å². The van der Waals surface area contributed by atoms with E-state index in [1.165, 1.54) is 30.6 Å². The van der Waals surface area contributed by atoms with Crippen LogP contribution in [0.15, 0.2) is 16.3 Å². The molecule has 0 bridgehead atoms. The molecule has 2 unspecified atom stereocenters. The van der Waals surface area contributed by atoms with Crippen molar-refractivity contribution in [2.45, 2.75) is 49.6 Å². The first kappa shape index (κ1) is 14.5. The highest BCUT2D eigenvalue weighted by molar-refractivity contribution is 7.89. The summed E-state index contributed by atoms with van der Waals surface area (Å²) in [4.78, 5) is 1.56. The van der Waals surface area contributed by atoms with Gasteiger partial charge in [0.1, 0.15) is 0 Å². The number of rotatable bonds is 4. The van der Waals surface area contributed by atoms with Crippen LogP contribution in [0.4, 0.5) is 0 Å². The molecule has 0 radical (unpaired) electrons. The van der Waals surface area contributed by atoms with Gasteiger partial charge in [0.2, 0.25) is 10.0 Å². The number of fused-ring (bicyclic) bond motifs is 1. The molecule has 2 atom stereocenters. The molecule has 1 aliphatic carbocycles. The lowest BCUT2D eigenvalue weighted by Crippen LogP contribution is -2.39. The normalized spacial score (nSPS) is 27.6. The Morgan fingerprint density at radius 3 is 2.95 bits per heavy atom. The molecule has 0 aromatic carbocycles. The Bertz CT molecular complexity index is 567. The molecule has 20 heavy (non-hydrogen) atoms. The van der Waals surface area contributed by atoms with Gasteiger partial charge in [0.15, 0.2) is 0 Å². The highest BCUT2D eigenvalue weighted by atomic mass is 32.2. The Kier molecular flexibility index (Phi) is 4.17. The molecule has 1 aromatic rings. The lowest BCUT2D eigenvalue weighted by Gasteiger charge is -2.30. The summed E-state index contributed by atoms with van der Waals surface area (Å²) in [6.07, 6.45) is 5.71. The molecule has 1 N–H and O–H groups in total. The average molecular weight is 314 g/mol. The van der Waals surface area contributed by atoms with E-state index >= 15 is 0 Å². The fourth-order valence-corrected chi connectivity index (χ4v) is 6.56. The molecule has 6 heteroatoms. The van der Waals surface area contributed by atoms with E-state index < -0.39 is 10.0 Å². The van der Waals surface area contributed by atoms with Gasteiger partial charge < -0.3 is 5.32 Å². The molecule has 1 aliphatic heterocycles. The zero-order chi connectivity index (χ0) is 14.2. The van der Waals surface area contributed by atoms with Gasteiger partial charge in [0, 0.05) is 29.4 Å². The minimum Gasteiger partial charge on any atom is -0.315 e. The van der Waals surface area contributed by atoms with Crippen LogP contribution >= 0.6 is 11.3 Å². The van der Waals surface area contributed by atoms with Crippen molar-refractivity contribution in [2.24, 2.45) is 5.92 Å². The number of hydrogen-bond donors (Lipinski definition) is 1. The Morgan fingerprint density at radius 2 is 2.15 bits per heavy atom. The molecule has 2 heterocycles. The predicted molar refractivity (Wildman–Crippen MR) is 81.3 cm³/mol.